The fraction of sp³-hybridized carbons (Fsp3) is 0.263. The Balaban J connectivity index is 1.42. The Hall–Kier alpha value is -2.84. The van der Waals surface area contributed by atoms with Gasteiger partial charge in [-0.2, -0.15) is 4.98 Å². The second-order valence-corrected chi connectivity index (χ2v) is 7.55. The molecule has 8 heteroatoms. The van der Waals surface area contributed by atoms with Crippen molar-refractivity contribution in [1.82, 2.24) is 25.1 Å². The third kappa shape index (κ3) is 2.87. The number of hydrogen-bond donors (Lipinski definition) is 0. The van der Waals surface area contributed by atoms with Crippen LogP contribution in [0.15, 0.2) is 40.2 Å². The van der Waals surface area contributed by atoms with Crippen LogP contribution in [0.5, 0.6) is 0 Å². The molecule has 27 heavy (non-hydrogen) atoms. The summed E-state index contributed by atoms with van der Waals surface area (Å²) in [5.74, 6) is 0.949. The third-order valence-electron chi connectivity index (χ3n) is 4.74. The van der Waals surface area contributed by atoms with Crippen molar-refractivity contribution in [3.8, 4) is 22.3 Å². The van der Waals surface area contributed by atoms with Gasteiger partial charge in [-0.3, -0.25) is 0 Å². The minimum absolute atomic E-state index is 0.0396. The molecule has 0 spiro atoms. The molecule has 7 nitrogen and oxygen atoms in total. The first-order valence-electron chi connectivity index (χ1n) is 8.68. The molecular weight excluding hydrogens is 362 g/mol. The predicted octanol–water partition coefficient (Wildman–Crippen LogP) is 3.94. The van der Waals surface area contributed by atoms with Crippen LogP contribution in [0.25, 0.3) is 22.3 Å². The van der Waals surface area contributed by atoms with Crippen LogP contribution in [0.2, 0.25) is 0 Å². The number of benzene rings is 1. The van der Waals surface area contributed by atoms with Gasteiger partial charge in [-0.05, 0) is 36.4 Å². The van der Waals surface area contributed by atoms with Gasteiger partial charge in [-0.15, -0.1) is 16.4 Å². The maximum atomic E-state index is 6.06. The first-order chi connectivity index (χ1) is 13.2. The molecule has 3 aromatic heterocycles. The topological polar surface area (TPSA) is 78.9 Å². The van der Waals surface area contributed by atoms with Gasteiger partial charge in [0, 0.05) is 0 Å². The summed E-state index contributed by atoms with van der Waals surface area (Å²) in [7, 11) is 0. The van der Waals surface area contributed by atoms with Crippen molar-refractivity contribution in [1.29, 1.82) is 0 Å². The standard InChI is InChI=1S/C19H17N5O2S/c1-11-3-5-13(6-4-11)15-9-24-14(10-25-15)16(21-23-24)18-20-19(26-22-18)17-12(2)7-8-27-17/h3-8,15H,9-10H2,1-2H3/t15-/m1/s1. The summed E-state index contributed by atoms with van der Waals surface area (Å²) in [5.41, 5.74) is 4.96. The van der Waals surface area contributed by atoms with Gasteiger partial charge in [-0.1, -0.05) is 40.2 Å². The van der Waals surface area contributed by atoms with E-state index >= 15 is 0 Å². The van der Waals surface area contributed by atoms with Gasteiger partial charge >= 0.3 is 0 Å². The number of fused-ring (bicyclic) bond motifs is 1. The molecule has 4 heterocycles. The maximum absolute atomic E-state index is 6.06. The van der Waals surface area contributed by atoms with E-state index in [9.17, 15) is 0 Å². The van der Waals surface area contributed by atoms with E-state index in [0.29, 0.717) is 30.6 Å². The summed E-state index contributed by atoms with van der Waals surface area (Å²) >= 11 is 1.58. The molecular formula is C19H17N5O2S. The SMILES string of the molecule is Cc1ccc([C@H]2Cn3nnc(-c4noc(-c5sccc5C)n4)c3CO2)cc1. The fourth-order valence-electron chi connectivity index (χ4n) is 3.17. The Labute approximate surface area is 159 Å². The molecule has 1 aliphatic rings. The van der Waals surface area contributed by atoms with E-state index in [1.165, 1.54) is 5.56 Å². The van der Waals surface area contributed by atoms with Gasteiger partial charge < -0.3 is 9.26 Å². The molecule has 0 bridgehead atoms. The monoisotopic (exact) mass is 379 g/mol. The molecule has 1 aliphatic heterocycles. The Morgan fingerprint density at radius 3 is 2.78 bits per heavy atom. The Bertz CT molecular complexity index is 1100. The van der Waals surface area contributed by atoms with Crippen LogP contribution in [0, 0.1) is 13.8 Å². The van der Waals surface area contributed by atoms with Crippen molar-refractivity contribution in [2.75, 3.05) is 0 Å². The lowest BCUT2D eigenvalue weighted by molar-refractivity contribution is -0.00112. The number of rotatable bonds is 3. The average molecular weight is 379 g/mol. The van der Waals surface area contributed by atoms with Crippen molar-refractivity contribution in [3.63, 3.8) is 0 Å². The molecule has 0 unspecified atom stereocenters. The van der Waals surface area contributed by atoms with Crippen LogP contribution < -0.4 is 0 Å². The normalized spacial score (nSPS) is 16.4. The maximum Gasteiger partial charge on any atom is 0.268 e. The van der Waals surface area contributed by atoms with Crippen molar-refractivity contribution < 1.29 is 9.26 Å². The Morgan fingerprint density at radius 1 is 1.15 bits per heavy atom. The molecule has 1 atom stereocenters. The highest BCUT2D eigenvalue weighted by Gasteiger charge is 2.27. The highest BCUT2D eigenvalue weighted by molar-refractivity contribution is 7.13. The first kappa shape index (κ1) is 16.3. The minimum atomic E-state index is -0.0396. The average Bonchev–Trinajstić information content (AvgIpc) is 3.40. The molecule has 0 amide bonds. The lowest BCUT2D eigenvalue weighted by Gasteiger charge is -2.24. The van der Waals surface area contributed by atoms with Gasteiger partial charge in [-0.25, -0.2) is 4.68 Å². The van der Waals surface area contributed by atoms with E-state index in [2.05, 4.69) is 51.6 Å². The first-order valence-corrected chi connectivity index (χ1v) is 9.56. The van der Waals surface area contributed by atoms with Crippen LogP contribution in [0.4, 0.5) is 0 Å². The van der Waals surface area contributed by atoms with Crippen molar-refractivity contribution in [2.45, 2.75) is 33.1 Å². The van der Waals surface area contributed by atoms with Crippen LogP contribution in [-0.2, 0) is 17.9 Å². The van der Waals surface area contributed by atoms with Crippen molar-refractivity contribution in [3.05, 3.63) is 58.1 Å². The van der Waals surface area contributed by atoms with Crippen molar-refractivity contribution >= 4 is 11.3 Å². The highest BCUT2D eigenvalue weighted by Crippen LogP contribution is 2.32. The van der Waals surface area contributed by atoms with Gasteiger partial charge in [0.05, 0.1) is 23.7 Å². The van der Waals surface area contributed by atoms with Crippen LogP contribution >= 0.6 is 11.3 Å². The second-order valence-electron chi connectivity index (χ2n) is 6.63. The van der Waals surface area contributed by atoms with E-state index in [-0.39, 0.29) is 6.10 Å². The summed E-state index contributed by atoms with van der Waals surface area (Å²) in [6.07, 6.45) is -0.0396. The largest absolute Gasteiger partial charge is 0.365 e. The quantitative estimate of drug-likeness (QED) is 0.536. The molecule has 0 N–H and O–H groups in total. The van der Waals surface area contributed by atoms with E-state index in [1.807, 2.05) is 23.1 Å². The molecule has 5 rings (SSSR count). The second kappa shape index (κ2) is 6.40. The van der Waals surface area contributed by atoms with Gasteiger partial charge in [0.2, 0.25) is 5.82 Å². The number of thiophene rings is 1. The zero-order valence-electron chi connectivity index (χ0n) is 14.9. The number of ether oxygens (including phenoxy) is 1. The Kier molecular flexibility index (Phi) is 3.87. The van der Waals surface area contributed by atoms with Gasteiger partial charge in [0.25, 0.3) is 5.89 Å². The summed E-state index contributed by atoms with van der Waals surface area (Å²) < 4.78 is 13.4. The van der Waals surface area contributed by atoms with E-state index in [0.717, 1.165) is 21.7 Å². The molecule has 1 aromatic carbocycles. The van der Waals surface area contributed by atoms with E-state index in [1.54, 1.807) is 11.3 Å². The molecule has 4 aromatic rings. The zero-order valence-corrected chi connectivity index (χ0v) is 15.7. The molecule has 136 valence electrons. The van der Waals surface area contributed by atoms with Gasteiger partial charge in [0.15, 0.2) is 5.69 Å². The van der Waals surface area contributed by atoms with Crippen LogP contribution in [0.1, 0.15) is 28.5 Å². The number of aryl methyl sites for hydroxylation is 2. The van der Waals surface area contributed by atoms with Crippen LogP contribution in [-0.4, -0.2) is 25.1 Å². The fourth-order valence-corrected chi connectivity index (χ4v) is 4.02. The molecule has 0 radical (unpaired) electrons. The summed E-state index contributed by atoms with van der Waals surface area (Å²) in [5, 5.41) is 14.7. The molecule has 0 aliphatic carbocycles. The smallest absolute Gasteiger partial charge is 0.268 e. The summed E-state index contributed by atoms with van der Waals surface area (Å²) in [6, 6.07) is 10.4. The number of hydrogen-bond acceptors (Lipinski definition) is 7. The summed E-state index contributed by atoms with van der Waals surface area (Å²) in [4.78, 5) is 5.49. The molecule has 0 saturated heterocycles. The van der Waals surface area contributed by atoms with Gasteiger partial charge in [0.1, 0.15) is 6.10 Å². The lowest BCUT2D eigenvalue weighted by Crippen LogP contribution is -2.22. The minimum Gasteiger partial charge on any atom is -0.365 e. The Morgan fingerprint density at radius 2 is 2.00 bits per heavy atom. The highest BCUT2D eigenvalue weighted by atomic mass is 32.1. The zero-order chi connectivity index (χ0) is 18.4. The third-order valence-corrected chi connectivity index (χ3v) is 5.75. The number of aromatic nitrogens is 5. The van der Waals surface area contributed by atoms with Crippen molar-refractivity contribution in [2.24, 2.45) is 0 Å². The van der Waals surface area contributed by atoms with Crippen LogP contribution in [0.3, 0.4) is 0 Å². The molecule has 0 fully saturated rings. The lowest BCUT2D eigenvalue weighted by atomic mass is 10.1. The summed E-state index contributed by atoms with van der Waals surface area (Å²) in [6.45, 7) is 5.11. The van der Waals surface area contributed by atoms with E-state index < -0.39 is 0 Å². The number of nitrogens with zero attached hydrogens (tertiary/aromatic N) is 5. The predicted molar refractivity (Wildman–Crippen MR) is 100 cm³/mol. The molecule has 0 saturated carbocycles. The van der Waals surface area contributed by atoms with E-state index in [4.69, 9.17) is 9.26 Å².